The number of hydrogen-bond donors (Lipinski definition) is 0. The van der Waals surface area contributed by atoms with Crippen molar-refractivity contribution in [2.45, 2.75) is 25.2 Å². The van der Waals surface area contributed by atoms with Crippen LogP contribution >= 0.6 is 11.8 Å². The van der Waals surface area contributed by atoms with Crippen LogP contribution in [0, 0.1) is 5.92 Å². The predicted molar refractivity (Wildman–Crippen MR) is 79.4 cm³/mol. The van der Waals surface area contributed by atoms with Crippen molar-refractivity contribution in [2.75, 3.05) is 12.3 Å². The van der Waals surface area contributed by atoms with Gasteiger partial charge in [-0.15, -0.1) is 11.8 Å². The number of thioether (sulfide) groups is 1. The Kier molecular flexibility index (Phi) is 3.84. The lowest BCUT2D eigenvalue weighted by Gasteiger charge is -2.18. The first-order chi connectivity index (χ1) is 8.93. The normalized spacial score (nSPS) is 27.9. The lowest BCUT2D eigenvalue weighted by atomic mass is 9.86. The SMILES string of the molecule is C1=C2CC(C1)C(c1ccccc1)C2.[C]1=NCCS1. The van der Waals surface area contributed by atoms with Crippen molar-refractivity contribution in [2.24, 2.45) is 10.9 Å². The molecule has 4 rings (SSSR count). The Labute approximate surface area is 113 Å². The molecule has 0 N–H and O–H groups in total. The second-order valence-electron chi connectivity index (χ2n) is 5.11. The Morgan fingerprint density at radius 2 is 2.06 bits per heavy atom. The van der Waals surface area contributed by atoms with Gasteiger partial charge >= 0.3 is 0 Å². The average Bonchev–Trinajstić information content (AvgIpc) is 3.18. The van der Waals surface area contributed by atoms with Gasteiger partial charge in [0.25, 0.3) is 0 Å². The molecule has 1 nitrogen and oxygen atoms in total. The van der Waals surface area contributed by atoms with Crippen molar-refractivity contribution in [1.29, 1.82) is 0 Å². The molecule has 18 heavy (non-hydrogen) atoms. The highest BCUT2D eigenvalue weighted by molar-refractivity contribution is 8.12. The molecular weight excluding hydrogens is 238 g/mol. The van der Waals surface area contributed by atoms with E-state index in [1.165, 1.54) is 19.3 Å². The zero-order chi connectivity index (χ0) is 12.2. The molecule has 2 bridgehead atoms. The Bertz CT molecular complexity index is 443. The van der Waals surface area contributed by atoms with E-state index < -0.39 is 0 Å². The van der Waals surface area contributed by atoms with Crippen LogP contribution in [0.15, 0.2) is 47.0 Å². The van der Waals surface area contributed by atoms with Crippen LogP contribution in [0.1, 0.15) is 30.7 Å². The maximum atomic E-state index is 3.80. The maximum Gasteiger partial charge on any atom is 0.122 e. The largest absolute Gasteiger partial charge is 0.275 e. The van der Waals surface area contributed by atoms with Gasteiger partial charge in [0.05, 0.1) is 0 Å². The number of aliphatic imine (C=N–C) groups is 1. The van der Waals surface area contributed by atoms with Crippen molar-refractivity contribution >= 4 is 17.3 Å². The van der Waals surface area contributed by atoms with Crippen molar-refractivity contribution in [1.82, 2.24) is 0 Å². The lowest BCUT2D eigenvalue weighted by molar-refractivity contribution is 0.496. The van der Waals surface area contributed by atoms with Crippen molar-refractivity contribution < 1.29 is 0 Å². The van der Waals surface area contributed by atoms with E-state index in [1.54, 1.807) is 22.9 Å². The molecule has 93 valence electrons. The highest BCUT2D eigenvalue weighted by atomic mass is 32.2. The molecule has 2 aliphatic carbocycles. The van der Waals surface area contributed by atoms with Gasteiger partial charge in [0.1, 0.15) is 5.55 Å². The summed E-state index contributed by atoms with van der Waals surface area (Å²) in [4.78, 5) is 3.80. The summed E-state index contributed by atoms with van der Waals surface area (Å²) in [6, 6.07) is 11.0. The van der Waals surface area contributed by atoms with Crippen LogP contribution < -0.4 is 0 Å². The summed E-state index contributed by atoms with van der Waals surface area (Å²) in [6.45, 7) is 0.977. The van der Waals surface area contributed by atoms with Gasteiger partial charge in [0, 0.05) is 12.3 Å². The van der Waals surface area contributed by atoms with E-state index in [-0.39, 0.29) is 0 Å². The average molecular weight is 256 g/mol. The molecule has 1 saturated carbocycles. The van der Waals surface area contributed by atoms with Gasteiger partial charge in [-0.25, -0.2) is 0 Å². The molecule has 1 aliphatic heterocycles. The molecule has 2 heteroatoms. The highest BCUT2D eigenvalue weighted by Gasteiger charge is 2.34. The Morgan fingerprint density at radius 3 is 2.56 bits per heavy atom. The van der Waals surface area contributed by atoms with Crippen LogP contribution in [0.25, 0.3) is 0 Å². The summed E-state index contributed by atoms with van der Waals surface area (Å²) >= 11 is 1.66. The molecule has 2 unspecified atom stereocenters. The van der Waals surface area contributed by atoms with Crippen molar-refractivity contribution in [3.63, 3.8) is 0 Å². The third kappa shape index (κ3) is 2.69. The minimum Gasteiger partial charge on any atom is -0.275 e. The zero-order valence-electron chi connectivity index (χ0n) is 10.5. The van der Waals surface area contributed by atoms with Gasteiger partial charge < -0.3 is 0 Å². The van der Waals surface area contributed by atoms with Crippen molar-refractivity contribution in [3.8, 4) is 0 Å². The third-order valence-electron chi connectivity index (χ3n) is 3.95. The number of allylic oxidation sites excluding steroid dienone is 2. The molecule has 1 aromatic rings. The second kappa shape index (κ2) is 5.75. The number of fused-ring (bicyclic) bond motifs is 2. The van der Waals surface area contributed by atoms with Gasteiger partial charge in [0.2, 0.25) is 0 Å². The van der Waals surface area contributed by atoms with Crippen LogP contribution in [0.3, 0.4) is 0 Å². The summed E-state index contributed by atoms with van der Waals surface area (Å²) in [5.74, 6) is 2.90. The monoisotopic (exact) mass is 256 g/mol. The van der Waals surface area contributed by atoms with Crippen LogP contribution in [-0.2, 0) is 0 Å². The molecule has 0 aromatic heterocycles. The van der Waals surface area contributed by atoms with Crippen LogP contribution in [0.5, 0.6) is 0 Å². The molecule has 1 fully saturated rings. The molecular formula is C16H18NS. The topological polar surface area (TPSA) is 12.4 Å². The molecule has 1 aromatic carbocycles. The molecule has 0 amide bonds. The van der Waals surface area contributed by atoms with E-state index in [1.807, 2.05) is 0 Å². The smallest absolute Gasteiger partial charge is 0.122 e. The summed E-state index contributed by atoms with van der Waals surface area (Å²) in [7, 11) is 0. The van der Waals surface area contributed by atoms with E-state index in [0.717, 1.165) is 24.1 Å². The third-order valence-corrected chi connectivity index (χ3v) is 4.59. The minimum absolute atomic E-state index is 0.834. The molecule has 0 spiro atoms. The fourth-order valence-electron chi connectivity index (χ4n) is 3.06. The van der Waals surface area contributed by atoms with E-state index in [0.29, 0.717) is 0 Å². The van der Waals surface area contributed by atoms with Gasteiger partial charge in [-0.05, 0) is 36.7 Å². The first kappa shape index (κ1) is 12.0. The van der Waals surface area contributed by atoms with Crippen molar-refractivity contribution in [3.05, 3.63) is 47.5 Å². The summed E-state index contributed by atoms with van der Waals surface area (Å²) < 4.78 is 0. The minimum atomic E-state index is 0.834. The first-order valence-corrected chi connectivity index (χ1v) is 7.68. The Morgan fingerprint density at radius 1 is 1.17 bits per heavy atom. The standard InChI is InChI=1S/C13H14.C3H4NS/c1-2-4-11(5-3-1)13-9-10-6-7-12(13)8-10;1-2-5-3-4-1/h1-6,12-13H,7-9H2;1-2H2. The first-order valence-electron chi connectivity index (χ1n) is 6.69. The number of nitrogens with zero attached hydrogens (tertiary/aromatic N) is 1. The molecule has 0 saturated heterocycles. The summed E-state index contributed by atoms with van der Waals surface area (Å²) in [5, 5.41) is 0. The van der Waals surface area contributed by atoms with E-state index >= 15 is 0 Å². The van der Waals surface area contributed by atoms with Crippen LogP contribution in [-0.4, -0.2) is 17.8 Å². The Balaban J connectivity index is 0.000000169. The lowest BCUT2D eigenvalue weighted by Crippen LogP contribution is -2.05. The van der Waals surface area contributed by atoms with Crippen LogP contribution in [0.4, 0.5) is 0 Å². The molecule has 2 atom stereocenters. The fourth-order valence-corrected chi connectivity index (χ4v) is 3.52. The van der Waals surface area contributed by atoms with Gasteiger partial charge in [0.15, 0.2) is 0 Å². The maximum absolute atomic E-state index is 3.80. The van der Waals surface area contributed by atoms with Crippen LogP contribution in [0.2, 0.25) is 0 Å². The predicted octanol–water partition coefficient (Wildman–Crippen LogP) is 4.15. The number of benzene rings is 1. The van der Waals surface area contributed by atoms with Gasteiger partial charge in [-0.1, -0.05) is 42.0 Å². The quantitative estimate of drug-likeness (QED) is 0.688. The summed E-state index contributed by atoms with van der Waals surface area (Å²) in [5.41, 5.74) is 6.02. The number of hydrogen-bond acceptors (Lipinski definition) is 2. The fraction of sp³-hybridized carbons (Fsp3) is 0.438. The van der Waals surface area contributed by atoms with E-state index in [2.05, 4.69) is 46.9 Å². The Hall–Kier alpha value is -1.02. The summed E-state index contributed by atoms with van der Waals surface area (Å²) in [6.07, 6.45) is 6.48. The second-order valence-corrected chi connectivity index (χ2v) is 5.98. The zero-order valence-corrected chi connectivity index (χ0v) is 11.3. The molecule has 3 aliphatic rings. The van der Waals surface area contributed by atoms with E-state index in [4.69, 9.17) is 0 Å². The van der Waals surface area contributed by atoms with Gasteiger partial charge in [-0.2, -0.15) is 0 Å². The van der Waals surface area contributed by atoms with E-state index in [9.17, 15) is 0 Å². The molecule has 1 heterocycles. The highest BCUT2D eigenvalue weighted by Crippen LogP contribution is 2.49. The molecule has 1 radical (unpaired) electrons. The van der Waals surface area contributed by atoms with Gasteiger partial charge in [-0.3, -0.25) is 4.99 Å². The number of rotatable bonds is 1.